The minimum Gasteiger partial charge on any atom is -0.497 e. The number of carbonyl (C=O) groups is 1. The van der Waals surface area contributed by atoms with Gasteiger partial charge in [0.2, 0.25) is 17.6 Å². The molecule has 0 bridgehead atoms. The number of hydrogen-bond acceptors (Lipinski definition) is 6. The number of rotatable bonds is 8. The summed E-state index contributed by atoms with van der Waals surface area (Å²) in [6.45, 7) is 3.94. The number of hydrogen-bond donors (Lipinski definition) is 1. The molecule has 8 nitrogen and oxygen atoms in total. The van der Waals surface area contributed by atoms with E-state index in [2.05, 4.69) is 20.6 Å². The molecule has 0 aliphatic rings. The summed E-state index contributed by atoms with van der Waals surface area (Å²) in [6.07, 6.45) is 1.46. The largest absolute Gasteiger partial charge is 0.497 e. The molecule has 4 rings (SSSR count). The molecular formula is C24H25N5O3. The van der Waals surface area contributed by atoms with Crippen LogP contribution in [0.4, 0.5) is 5.69 Å². The second-order valence-corrected chi connectivity index (χ2v) is 7.50. The Labute approximate surface area is 186 Å². The Morgan fingerprint density at radius 1 is 1.12 bits per heavy atom. The van der Waals surface area contributed by atoms with Gasteiger partial charge in [-0.15, -0.1) is 0 Å². The van der Waals surface area contributed by atoms with Gasteiger partial charge < -0.3 is 14.6 Å². The second-order valence-electron chi connectivity index (χ2n) is 7.50. The molecule has 0 aliphatic heterocycles. The number of aryl methyl sites for hydroxylation is 3. The molecule has 32 heavy (non-hydrogen) atoms. The zero-order valence-corrected chi connectivity index (χ0v) is 18.3. The predicted molar refractivity (Wildman–Crippen MR) is 121 cm³/mol. The summed E-state index contributed by atoms with van der Waals surface area (Å²) in [6, 6.07) is 17.1. The highest BCUT2D eigenvalue weighted by Gasteiger charge is 2.13. The van der Waals surface area contributed by atoms with E-state index >= 15 is 0 Å². The van der Waals surface area contributed by atoms with Crippen LogP contribution in [0.2, 0.25) is 0 Å². The van der Waals surface area contributed by atoms with Crippen LogP contribution >= 0.6 is 0 Å². The monoisotopic (exact) mass is 431 g/mol. The van der Waals surface area contributed by atoms with Gasteiger partial charge in [-0.05, 0) is 62.7 Å². The molecule has 164 valence electrons. The third-order valence-electron chi connectivity index (χ3n) is 5.03. The summed E-state index contributed by atoms with van der Waals surface area (Å²) >= 11 is 0. The molecule has 1 amide bonds. The van der Waals surface area contributed by atoms with Crippen molar-refractivity contribution >= 4 is 11.6 Å². The first-order chi connectivity index (χ1) is 15.5. The summed E-state index contributed by atoms with van der Waals surface area (Å²) in [4.78, 5) is 17.0. The molecule has 2 aromatic carbocycles. The van der Waals surface area contributed by atoms with Gasteiger partial charge >= 0.3 is 0 Å². The van der Waals surface area contributed by atoms with E-state index in [-0.39, 0.29) is 5.91 Å². The van der Waals surface area contributed by atoms with Crippen molar-refractivity contribution in [1.82, 2.24) is 19.9 Å². The first-order valence-corrected chi connectivity index (χ1v) is 10.4. The number of amides is 1. The molecule has 0 unspecified atom stereocenters. The van der Waals surface area contributed by atoms with E-state index in [1.54, 1.807) is 7.11 Å². The van der Waals surface area contributed by atoms with Crippen molar-refractivity contribution in [2.24, 2.45) is 0 Å². The molecule has 2 heterocycles. The summed E-state index contributed by atoms with van der Waals surface area (Å²) in [7, 11) is 1.62. The lowest BCUT2D eigenvalue weighted by Gasteiger charge is -2.12. The van der Waals surface area contributed by atoms with Gasteiger partial charge in [0.25, 0.3) is 0 Å². The van der Waals surface area contributed by atoms with Crippen molar-refractivity contribution in [2.45, 2.75) is 33.1 Å². The van der Waals surface area contributed by atoms with Gasteiger partial charge in [-0.25, -0.2) is 4.68 Å². The van der Waals surface area contributed by atoms with E-state index < -0.39 is 0 Å². The predicted octanol–water partition coefficient (Wildman–Crippen LogP) is 4.51. The first-order valence-electron chi connectivity index (χ1n) is 10.4. The minimum absolute atomic E-state index is 0.0751. The van der Waals surface area contributed by atoms with Crippen LogP contribution < -0.4 is 10.1 Å². The molecule has 2 aromatic heterocycles. The fourth-order valence-electron chi connectivity index (χ4n) is 3.46. The average molecular weight is 431 g/mol. The van der Waals surface area contributed by atoms with Crippen LogP contribution in [0.5, 0.6) is 5.75 Å². The topological polar surface area (TPSA) is 95.1 Å². The third kappa shape index (κ3) is 4.85. The lowest BCUT2D eigenvalue weighted by molar-refractivity contribution is -0.116. The van der Waals surface area contributed by atoms with E-state index in [0.29, 0.717) is 31.0 Å². The summed E-state index contributed by atoms with van der Waals surface area (Å²) in [5.74, 6) is 1.72. The smallest absolute Gasteiger partial charge is 0.226 e. The van der Waals surface area contributed by atoms with Crippen molar-refractivity contribution < 1.29 is 14.1 Å². The summed E-state index contributed by atoms with van der Waals surface area (Å²) in [5.41, 5.74) is 4.35. The zero-order valence-electron chi connectivity index (χ0n) is 18.3. The lowest BCUT2D eigenvalue weighted by Crippen LogP contribution is -2.14. The fourth-order valence-corrected chi connectivity index (χ4v) is 3.46. The van der Waals surface area contributed by atoms with E-state index in [0.717, 1.165) is 34.1 Å². The van der Waals surface area contributed by atoms with E-state index in [9.17, 15) is 4.79 Å². The Morgan fingerprint density at radius 3 is 2.62 bits per heavy atom. The molecule has 0 spiro atoms. The van der Waals surface area contributed by atoms with Crippen molar-refractivity contribution in [3.8, 4) is 22.8 Å². The highest BCUT2D eigenvalue weighted by atomic mass is 16.5. The SMILES string of the molecule is COc1ccc(-c2noc(CCCC(=O)Nc3ccccc3-n3nc(C)cc3C)n2)cc1. The number of methoxy groups -OCH3 is 1. The van der Waals surface area contributed by atoms with Crippen LogP contribution in [0.25, 0.3) is 17.1 Å². The number of benzene rings is 2. The second kappa shape index (κ2) is 9.47. The Hall–Kier alpha value is -3.94. The number of para-hydroxylation sites is 2. The Kier molecular flexibility index (Phi) is 6.30. The molecule has 0 saturated carbocycles. The summed E-state index contributed by atoms with van der Waals surface area (Å²) in [5, 5.41) is 11.5. The van der Waals surface area contributed by atoms with Crippen molar-refractivity contribution in [1.29, 1.82) is 0 Å². The number of anilines is 1. The van der Waals surface area contributed by atoms with E-state index in [1.165, 1.54) is 0 Å². The Morgan fingerprint density at radius 2 is 1.91 bits per heavy atom. The number of nitrogens with one attached hydrogen (secondary N) is 1. The van der Waals surface area contributed by atoms with Gasteiger partial charge in [0.05, 0.1) is 24.2 Å². The minimum atomic E-state index is -0.0751. The number of nitrogens with zero attached hydrogens (tertiary/aromatic N) is 4. The van der Waals surface area contributed by atoms with Gasteiger partial charge in [-0.3, -0.25) is 4.79 Å². The molecule has 0 radical (unpaired) electrons. The molecule has 8 heteroatoms. The summed E-state index contributed by atoms with van der Waals surface area (Å²) < 4.78 is 12.3. The maximum atomic E-state index is 12.5. The van der Waals surface area contributed by atoms with Crippen LogP contribution in [0.1, 0.15) is 30.1 Å². The Balaban J connectivity index is 1.34. The number of aromatic nitrogens is 4. The maximum Gasteiger partial charge on any atom is 0.226 e. The third-order valence-corrected chi connectivity index (χ3v) is 5.03. The molecule has 0 saturated heterocycles. The van der Waals surface area contributed by atoms with Gasteiger partial charge in [0.15, 0.2) is 0 Å². The van der Waals surface area contributed by atoms with Crippen molar-refractivity contribution in [2.75, 3.05) is 12.4 Å². The first kappa shape index (κ1) is 21.3. The van der Waals surface area contributed by atoms with Crippen LogP contribution in [0.3, 0.4) is 0 Å². The molecule has 0 atom stereocenters. The molecule has 0 aliphatic carbocycles. The van der Waals surface area contributed by atoms with Crippen LogP contribution in [-0.2, 0) is 11.2 Å². The Bertz CT molecular complexity index is 1210. The van der Waals surface area contributed by atoms with E-state index in [4.69, 9.17) is 9.26 Å². The molecule has 1 N–H and O–H groups in total. The molecular weight excluding hydrogens is 406 g/mol. The number of ether oxygens (including phenoxy) is 1. The highest BCUT2D eigenvalue weighted by Crippen LogP contribution is 2.23. The average Bonchev–Trinajstić information content (AvgIpc) is 3.40. The van der Waals surface area contributed by atoms with Gasteiger partial charge in [-0.2, -0.15) is 10.1 Å². The van der Waals surface area contributed by atoms with Crippen LogP contribution in [0.15, 0.2) is 59.1 Å². The van der Waals surface area contributed by atoms with Crippen molar-refractivity contribution in [3.63, 3.8) is 0 Å². The van der Waals surface area contributed by atoms with Gasteiger partial charge in [-0.1, -0.05) is 17.3 Å². The van der Waals surface area contributed by atoms with Gasteiger partial charge in [0, 0.05) is 24.1 Å². The fraction of sp³-hybridized carbons (Fsp3) is 0.250. The van der Waals surface area contributed by atoms with Crippen LogP contribution in [0, 0.1) is 13.8 Å². The number of carbonyl (C=O) groups excluding carboxylic acids is 1. The highest BCUT2D eigenvalue weighted by molar-refractivity contribution is 5.92. The maximum absolute atomic E-state index is 12.5. The molecule has 0 fully saturated rings. The normalized spacial score (nSPS) is 10.8. The van der Waals surface area contributed by atoms with E-state index in [1.807, 2.05) is 73.1 Å². The quantitative estimate of drug-likeness (QED) is 0.441. The standard InChI is InChI=1S/C24H25N5O3/c1-16-15-17(2)29(27-16)21-8-5-4-7-20(21)25-22(30)9-6-10-23-26-24(28-32-23)18-11-13-19(31-3)14-12-18/h4-5,7-8,11-15H,6,9-10H2,1-3H3,(H,25,30). The lowest BCUT2D eigenvalue weighted by atomic mass is 10.2. The van der Waals surface area contributed by atoms with Crippen molar-refractivity contribution in [3.05, 3.63) is 71.9 Å². The van der Waals surface area contributed by atoms with Crippen LogP contribution in [-0.4, -0.2) is 32.9 Å². The molecule has 4 aromatic rings. The van der Waals surface area contributed by atoms with Gasteiger partial charge in [0.1, 0.15) is 5.75 Å². The zero-order chi connectivity index (χ0) is 22.5.